The number of hydrogen-bond acceptors (Lipinski definition) is 3. The molecule has 2 rings (SSSR count). The van der Waals surface area contributed by atoms with Gasteiger partial charge in [0.25, 0.3) is 0 Å². The van der Waals surface area contributed by atoms with Crippen molar-refractivity contribution >= 4 is 11.3 Å². The molecule has 1 saturated heterocycles. The van der Waals surface area contributed by atoms with Gasteiger partial charge in [0.05, 0.1) is 0 Å². The quantitative estimate of drug-likeness (QED) is 0.774. The predicted molar refractivity (Wildman–Crippen MR) is 80.4 cm³/mol. The number of hydrogen-bond donors (Lipinski definition) is 2. The molecule has 1 aromatic rings. The van der Waals surface area contributed by atoms with Gasteiger partial charge in [-0.15, -0.1) is 11.3 Å². The van der Waals surface area contributed by atoms with Crippen LogP contribution >= 0.6 is 11.3 Å². The molecule has 2 heterocycles. The normalized spacial score (nSPS) is 18.1. The average Bonchev–Trinajstić information content (AvgIpc) is 2.91. The van der Waals surface area contributed by atoms with Gasteiger partial charge in [0.15, 0.2) is 0 Å². The number of rotatable bonds is 6. The van der Waals surface area contributed by atoms with Crippen LogP contribution in [0.5, 0.6) is 0 Å². The molecule has 0 spiro atoms. The van der Waals surface area contributed by atoms with Crippen molar-refractivity contribution < 1.29 is 0 Å². The molecule has 0 amide bonds. The number of piperidine rings is 1. The Morgan fingerprint density at radius 1 is 1.39 bits per heavy atom. The van der Waals surface area contributed by atoms with Crippen molar-refractivity contribution in [3.63, 3.8) is 0 Å². The van der Waals surface area contributed by atoms with Crippen molar-refractivity contribution in [1.82, 2.24) is 10.6 Å². The molecule has 1 aliphatic heterocycles. The van der Waals surface area contributed by atoms with Crippen LogP contribution in [0.15, 0.2) is 17.5 Å². The van der Waals surface area contributed by atoms with E-state index in [4.69, 9.17) is 0 Å². The topological polar surface area (TPSA) is 24.1 Å². The van der Waals surface area contributed by atoms with Gasteiger partial charge >= 0.3 is 0 Å². The Kier molecular flexibility index (Phi) is 5.22. The van der Waals surface area contributed by atoms with E-state index in [-0.39, 0.29) is 5.41 Å². The molecule has 0 bridgehead atoms. The highest BCUT2D eigenvalue weighted by atomic mass is 32.1. The summed E-state index contributed by atoms with van der Waals surface area (Å²) in [5, 5.41) is 9.25. The first-order chi connectivity index (χ1) is 8.68. The lowest BCUT2D eigenvalue weighted by Crippen LogP contribution is -2.34. The smallest absolute Gasteiger partial charge is 0.0115 e. The fraction of sp³-hybridized carbons (Fsp3) is 0.733. The Morgan fingerprint density at radius 3 is 2.83 bits per heavy atom. The molecule has 0 atom stereocenters. The van der Waals surface area contributed by atoms with Crippen molar-refractivity contribution in [3.05, 3.63) is 22.4 Å². The van der Waals surface area contributed by atoms with E-state index < -0.39 is 0 Å². The highest BCUT2D eigenvalue weighted by molar-refractivity contribution is 7.10. The van der Waals surface area contributed by atoms with E-state index >= 15 is 0 Å². The van der Waals surface area contributed by atoms with E-state index in [9.17, 15) is 0 Å². The minimum absolute atomic E-state index is 0.266. The third-order valence-electron chi connectivity index (χ3n) is 3.94. The third-order valence-corrected chi connectivity index (χ3v) is 5.18. The SMILES string of the molecule is CC(C)(CNCCC1CCNCC1)c1cccs1. The maximum atomic E-state index is 3.65. The minimum atomic E-state index is 0.266. The Bertz CT molecular complexity index is 326. The molecule has 2 N–H and O–H groups in total. The van der Waals surface area contributed by atoms with Crippen LogP contribution in [0.2, 0.25) is 0 Å². The molecule has 0 unspecified atom stereocenters. The maximum absolute atomic E-state index is 3.65. The first-order valence-corrected chi connectivity index (χ1v) is 8.02. The van der Waals surface area contributed by atoms with Gasteiger partial charge in [0.1, 0.15) is 0 Å². The lowest BCUT2D eigenvalue weighted by molar-refractivity contribution is 0.342. The molecular weight excluding hydrogens is 240 g/mol. The van der Waals surface area contributed by atoms with Gasteiger partial charge in [-0.25, -0.2) is 0 Å². The van der Waals surface area contributed by atoms with Crippen LogP contribution in [0.25, 0.3) is 0 Å². The predicted octanol–water partition coefficient (Wildman–Crippen LogP) is 3.01. The molecule has 0 aliphatic carbocycles. The van der Waals surface area contributed by atoms with E-state index in [1.165, 1.54) is 43.8 Å². The second-order valence-electron chi connectivity index (χ2n) is 6.02. The van der Waals surface area contributed by atoms with Crippen molar-refractivity contribution in [3.8, 4) is 0 Å². The van der Waals surface area contributed by atoms with Gasteiger partial charge in [-0.3, -0.25) is 0 Å². The summed E-state index contributed by atoms with van der Waals surface area (Å²) in [6, 6.07) is 4.40. The fourth-order valence-electron chi connectivity index (χ4n) is 2.63. The number of nitrogens with one attached hydrogen (secondary N) is 2. The second kappa shape index (κ2) is 6.69. The highest BCUT2D eigenvalue weighted by Crippen LogP contribution is 2.26. The molecule has 3 heteroatoms. The summed E-state index contributed by atoms with van der Waals surface area (Å²) in [5.41, 5.74) is 0.266. The Balaban J connectivity index is 1.65. The fourth-order valence-corrected chi connectivity index (χ4v) is 3.48. The largest absolute Gasteiger partial charge is 0.317 e. The summed E-state index contributed by atoms with van der Waals surface area (Å²) < 4.78 is 0. The Hall–Kier alpha value is -0.380. The van der Waals surface area contributed by atoms with E-state index in [0.717, 1.165) is 12.5 Å². The van der Waals surface area contributed by atoms with E-state index in [1.807, 2.05) is 11.3 Å². The summed E-state index contributed by atoms with van der Waals surface area (Å²) in [6.45, 7) is 9.33. The Morgan fingerprint density at radius 2 is 2.17 bits per heavy atom. The van der Waals surface area contributed by atoms with Gasteiger partial charge in [-0.2, -0.15) is 0 Å². The standard InChI is InChI=1S/C15H26N2S/c1-15(2,14-4-3-11-18-14)12-17-10-7-13-5-8-16-9-6-13/h3-4,11,13,16-17H,5-10,12H2,1-2H3. The Labute approximate surface area is 115 Å². The van der Waals surface area contributed by atoms with Crippen LogP contribution in [-0.4, -0.2) is 26.2 Å². The van der Waals surface area contributed by atoms with E-state index in [2.05, 4.69) is 42.0 Å². The van der Waals surface area contributed by atoms with Crippen molar-refractivity contribution in [2.45, 2.75) is 38.5 Å². The number of thiophene rings is 1. The molecule has 18 heavy (non-hydrogen) atoms. The summed E-state index contributed by atoms with van der Waals surface area (Å²) in [4.78, 5) is 1.48. The molecule has 2 nitrogen and oxygen atoms in total. The monoisotopic (exact) mass is 266 g/mol. The molecule has 1 aromatic heterocycles. The van der Waals surface area contributed by atoms with Crippen molar-refractivity contribution in [2.75, 3.05) is 26.2 Å². The van der Waals surface area contributed by atoms with Gasteiger partial charge < -0.3 is 10.6 Å². The van der Waals surface area contributed by atoms with Crippen LogP contribution < -0.4 is 10.6 Å². The molecule has 0 aromatic carbocycles. The molecular formula is C15H26N2S. The van der Waals surface area contributed by atoms with E-state index in [0.29, 0.717) is 0 Å². The molecule has 1 aliphatic rings. The zero-order valence-corrected chi connectivity index (χ0v) is 12.5. The zero-order chi connectivity index (χ0) is 12.8. The summed E-state index contributed by atoms with van der Waals surface area (Å²) >= 11 is 1.87. The second-order valence-corrected chi connectivity index (χ2v) is 6.97. The summed E-state index contributed by atoms with van der Waals surface area (Å²) in [6.07, 6.45) is 4.05. The van der Waals surface area contributed by atoms with Gasteiger partial charge in [-0.05, 0) is 56.3 Å². The van der Waals surface area contributed by atoms with Crippen molar-refractivity contribution in [2.24, 2.45) is 5.92 Å². The lowest BCUT2D eigenvalue weighted by atomic mass is 9.91. The molecule has 0 saturated carbocycles. The summed E-state index contributed by atoms with van der Waals surface area (Å²) in [7, 11) is 0. The summed E-state index contributed by atoms with van der Waals surface area (Å²) in [5.74, 6) is 0.934. The third kappa shape index (κ3) is 4.08. The molecule has 0 radical (unpaired) electrons. The zero-order valence-electron chi connectivity index (χ0n) is 11.7. The van der Waals surface area contributed by atoms with Crippen LogP contribution in [-0.2, 0) is 5.41 Å². The maximum Gasteiger partial charge on any atom is 0.0115 e. The van der Waals surface area contributed by atoms with Crippen LogP contribution in [0.3, 0.4) is 0 Å². The highest BCUT2D eigenvalue weighted by Gasteiger charge is 2.21. The lowest BCUT2D eigenvalue weighted by Gasteiger charge is -2.26. The van der Waals surface area contributed by atoms with Gasteiger partial charge in [-0.1, -0.05) is 19.9 Å². The molecule has 102 valence electrons. The van der Waals surface area contributed by atoms with Crippen LogP contribution in [0.1, 0.15) is 38.0 Å². The minimum Gasteiger partial charge on any atom is -0.317 e. The van der Waals surface area contributed by atoms with Crippen LogP contribution in [0.4, 0.5) is 0 Å². The van der Waals surface area contributed by atoms with E-state index in [1.54, 1.807) is 0 Å². The van der Waals surface area contributed by atoms with Gasteiger partial charge in [0.2, 0.25) is 0 Å². The van der Waals surface area contributed by atoms with Gasteiger partial charge in [0, 0.05) is 16.8 Å². The first-order valence-electron chi connectivity index (χ1n) is 7.14. The average molecular weight is 266 g/mol. The van der Waals surface area contributed by atoms with Crippen LogP contribution in [0, 0.1) is 5.92 Å². The molecule has 1 fully saturated rings. The van der Waals surface area contributed by atoms with Crippen molar-refractivity contribution in [1.29, 1.82) is 0 Å². The first kappa shape index (κ1) is 14.0.